The third-order valence-electron chi connectivity index (χ3n) is 6.40. The van der Waals surface area contributed by atoms with Crippen LogP contribution in [0.25, 0.3) is 0 Å². The maximum absolute atomic E-state index is 13.1. The molecule has 3 fully saturated rings. The molecular weight excluding hydrogens is 380 g/mol. The largest absolute Gasteiger partial charge is 0.379 e. The highest BCUT2D eigenvalue weighted by Gasteiger charge is 2.31. The van der Waals surface area contributed by atoms with E-state index in [-0.39, 0.29) is 23.9 Å². The number of morpholine rings is 1. The summed E-state index contributed by atoms with van der Waals surface area (Å²) in [5, 5.41) is 6.36. The van der Waals surface area contributed by atoms with Crippen LogP contribution in [0.1, 0.15) is 42.9 Å². The van der Waals surface area contributed by atoms with Crippen molar-refractivity contribution in [2.75, 3.05) is 45.9 Å². The minimum atomic E-state index is -0.0348. The van der Waals surface area contributed by atoms with Crippen LogP contribution in [0.3, 0.4) is 0 Å². The number of nitrogens with zero attached hydrogens (tertiary/aromatic N) is 2. The van der Waals surface area contributed by atoms with E-state index in [1.54, 1.807) is 0 Å². The smallest absolute Gasteiger partial charge is 0.317 e. The Kier molecular flexibility index (Phi) is 6.89. The van der Waals surface area contributed by atoms with Crippen LogP contribution in [0.2, 0.25) is 0 Å². The quantitative estimate of drug-likeness (QED) is 0.747. The lowest BCUT2D eigenvalue weighted by Gasteiger charge is -2.34. The first-order chi connectivity index (χ1) is 14.6. The number of aryl methyl sites for hydroxylation is 1. The molecular formula is C23H34N4O3. The molecule has 1 saturated carbocycles. The average molecular weight is 415 g/mol. The van der Waals surface area contributed by atoms with Crippen LogP contribution in [0.5, 0.6) is 0 Å². The summed E-state index contributed by atoms with van der Waals surface area (Å²) in [4.78, 5) is 29.5. The molecule has 2 heterocycles. The highest BCUT2D eigenvalue weighted by molar-refractivity contribution is 5.80. The Balaban J connectivity index is 1.33. The molecule has 7 nitrogen and oxygen atoms in total. The highest BCUT2D eigenvalue weighted by Crippen LogP contribution is 2.23. The summed E-state index contributed by atoms with van der Waals surface area (Å²) >= 11 is 0. The molecule has 4 rings (SSSR count). The van der Waals surface area contributed by atoms with E-state index in [1.807, 2.05) is 4.90 Å². The number of likely N-dealkylation sites (tertiary alicyclic amines) is 1. The molecule has 2 saturated heterocycles. The first kappa shape index (κ1) is 21.1. The van der Waals surface area contributed by atoms with E-state index in [9.17, 15) is 9.59 Å². The molecule has 2 aliphatic heterocycles. The maximum Gasteiger partial charge on any atom is 0.317 e. The number of amides is 3. The number of carbonyl (C=O) groups is 2. The number of piperidine rings is 1. The lowest BCUT2D eigenvalue weighted by atomic mass is 9.95. The molecule has 1 aromatic carbocycles. The van der Waals surface area contributed by atoms with E-state index in [2.05, 4.69) is 46.7 Å². The van der Waals surface area contributed by atoms with Crippen LogP contribution in [-0.2, 0) is 9.53 Å². The Bertz CT molecular complexity index is 720. The topological polar surface area (TPSA) is 73.9 Å². The second kappa shape index (κ2) is 9.79. The van der Waals surface area contributed by atoms with Crippen molar-refractivity contribution < 1.29 is 14.3 Å². The van der Waals surface area contributed by atoms with Gasteiger partial charge in [0.05, 0.1) is 19.3 Å². The predicted molar refractivity (Wildman–Crippen MR) is 115 cm³/mol. The minimum absolute atomic E-state index is 0.0289. The van der Waals surface area contributed by atoms with Gasteiger partial charge in [0.2, 0.25) is 5.91 Å². The van der Waals surface area contributed by atoms with Gasteiger partial charge in [0.25, 0.3) is 0 Å². The molecule has 3 aliphatic rings. The van der Waals surface area contributed by atoms with Crippen molar-refractivity contribution in [3.63, 3.8) is 0 Å². The third kappa shape index (κ3) is 5.73. The Morgan fingerprint density at radius 1 is 1.03 bits per heavy atom. The van der Waals surface area contributed by atoms with Crippen LogP contribution in [0.4, 0.5) is 4.79 Å². The van der Waals surface area contributed by atoms with Gasteiger partial charge < -0.3 is 20.3 Å². The monoisotopic (exact) mass is 414 g/mol. The summed E-state index contributed by atoms with van der Waals surface area (Å²) in [7, 11) is 0. The van der Waals surface area contributed by atoms with Crippen molar-refractivity contribution in [2.24, 2.45) is 5.92 Å². The molecule has 0 aromatic heterocycles. The van der Waals surface area contributed by atoms with Crippen molar-refractivity contribution in [3.05, 3.63) is 35.4 Å². The van der Waals surface area contributed by atoms with Gasteiger partial charge in [-0.15, -0.1) is 0 Å². The maximum atomic E-state index is 13.1. The van der Waals surface area contributed by atoms with Gasteiger partial charge in [0, 0.05) is 44.7 Å². The Labute approximate surface area is 179 Å². The number of hydrogen-bond donors (Lipinski definition) is 2. The molecule has 3 amide bonds. The van der Waals surface area contributed by atoms with Gasteiger partial charge in [0.15, 0.2) is 0 Å². The van der Waals surface area contributed by atoms with E-state index < -0.39 is 0 Å². The van der Waals surface area contributed by atoms with E-state index in [0.29, 0.717) is 19.1 Å². The Hall–Kier alpha value is -2.12. The number of carbonyl (C=O) groups excluding carboxylic acids is 2. The van der Waals surface area contributed by atoms with E-state index in [4.69, 9.17) is 4.74 Å². The standard InChI is InChI=1S/C23H34N4O3/c1-17-2-4-18(5-3-17)21(16-26-12-14-30-15-13-26)25-22(28)19-8-10-27(11-9-19)23(29)24-20-6-7-20/h2-5,19-21H,6-16H2,1H3,(H,24,29)(H,25,28). The summed E-state index contributed by atoms with van der Waals surface area (Å²) in [5.74, 6) is 0.0729. The zero-order valence-corrected chi connectivity index (χ0v) is 17.9. The van der Waals surface area contributed by atoms with Crippen molar-refractivity contribution in [1.82, 2.24) is 20.4 Å². The van der Waals surface area contributed by atoms with Gasteiger partial charge in [-0.3, -0.25) is 9.69 Å². The van der Waals surface area contributed by atoms with Crippen LogP contribution >= 0.6 is 0 Å². The van der Waals surface area contributed by atoms with Crippen molar-refractivity contribution in [1.29, 1.82) is 0 Å². The van der Waals surface area contributed by atoms with E-state index >= 15 is 0 Å². The molecule has 1 aliphatic carbocycles. The molecule has 2 N–H and O–H groups in total. The SMILES string of the molecule is Cc1ccc(C(CN2CCOCC2)NC(=O)C2CCN(C(=O)NC3CC3)CC2)cc1. The molecule has 30 heavy (non-hydrogen) atoms. The summed E-state index contributed by atoms with van der Waals surface area (Å²) < 4.78 is 5.47. The summed E-state index contributed by atoms with van der Waals surface area (Å²) in [5.41, 5.74) is 2.36. The average Bonchev–Trinajstić information content (AvgIpc) is 3.58. The van der Waals surface area contributed by atoms with Crippen LogP contribution < -0.4 is 10.6 Å². The zero-order valence-electron chi connectivity index (χ0n) is 17.9. The third-order valence-corrected chi connectivity index (χ3v) is 6.40. The van der Waals surface area contributed by atoms with Gasteiger partial charge in [-0.05, 0) is 38.2 Å². The van der Waals surface area contributed by atoms with Gasteiger partial charge in [-0.25, -0.2) is 4.79 Å². The summed E-state index contributed by atoms with van der Waals surface area (Å²) in [6.07, 6.45) is 3.63. The second-order valence-electron chi connectivity index (χ2n) is 8.87. The number of rotatable bonds is 6. The number of hydrogen-bond acceptors (Lipinski definition) is 4. The van der Waals surface area contributed by atoms with Crippen molar-refractivity contribution in [2.45, 2.75) is 44.7 Å². The lowest BCUT2D eigenvalue weighted by molar-refractivity contribution is -0.127. The molecule has 164 valence electrons. The second-order valence-corrected chi connectivity index (χ2v) is 8.87. The molecule has 0 radical (unpaired) electrons. The van der Waals surface area contributed by atoms with Gasteiger partial charge in [0.1, 0.15) is 0 Å². The molecule has 1 aromatic rings. The normalized spacial score (nSPS) is 21.8. The highest BCUT2D eigenvalue weighted by atomic mass is 16.5. The van der Waals surface area contributed by atoms with E-state index in [0.717, 1.165) is 64.1 Å². The summed E-state index contributed by atoms with van der Waals surface area (Å²) in [6.45, 7) is 7.45. The Morgan fingerprint density at radius 2 is 1.70 bits per heavy atom. The molecule has 0 spiro atoms. The first-order valence-corrected chi connectivity index (χ1v) is 11.3. The lowest BCUT2D eigenvalue weighted by Crippen LogP contribution is -2.48. The number of ether oxygens (including phenoxy) is 1. The molecule has 0 bridgehead atoms. The fourth-order valence-corrected chi connectivity index (χ4v) is 4.20. The Morgan fingerprint density at radius 3 is 2.33 bits per heavy atom. The van der Waals surface area contributed by atoms with Gasteiger partial charge in [-0.1, -0.05) is 29.8 Å². The van der Waals surface area contributed by atoms with Crippen LogP contribution in [0.15, 0.2) is 24.3 Å². The van der Waals surface area contributed by atoms with Crippen molar-refractivity contribution >= 4 is 11.9 Å². The fourth-order valence-electron chi connectivity index (χ4n) is 4.20. The predicted octanol–water partition coefficient (Wildman–Crippen LogP) is 2.07. The molecule has 1 atom stereocenters. The fraction of sp³-hybridized carbons (Fsp3) is 0.652. The first-order valence-electron chi connectivity index (χ1n) is 11.3. The van der Waals surface area contributed by atoms with E-state index in [1.165, 1.54) is 5.56 Å². The van der Waals surface area contributed by atoms with Crippen LogP contribution in [0, 0.1) is 12.8 Å². The molecule has 1 unspecified atom stereocenters. The molecule has 7 heteroatoms. The minimum Gasteiger partial charge on any atom is -0.379 e. The number of benzene rings is 1. The number of nitrogens with one attached hydrogen (secondary N) is 2. The van der Waals surface area contributed by atoms with Crippen LogP contribution in [-0.4, -0.2) is 73.7 Å². The number of urea groups is 1. The zero-order chi connectivity index (χ0) is 20.9. The van der Waals surface area contributed by atoms with Crippen molar-refractivity contribution in [3.8, 4) is 0 Å². The van der Waals surface area contributed by atoms with Gasteiger partial charge >= 0.3 is 6.03 Å². The van der Waals surface area contributed by atoms with Gasteiger partial charge in [-0.2, -0.15) is 0 Å². The summed E-state index contributed by atoms with van der Waals surface area (Å²) in [6, 6.07) is 8.80.